The average molecular weight is 252 g/mol. The van der Waals surface area contributed by atoms with Gasteiger partial charge < -0.3 is 15.0 Å². The van der Waals surface area contributed by atoms with Crippen LogP contribution in [0.5, 0.6) is 0 Å². The number of carboxylic acid groups (broad SMARTS) is 1. The molecule has 0 saturated heterocycles. The molecule has 6 heteroatoms. The van der Waals surface area contributed by atoms with Crippen LogP contribution in [0.2, 0.25) is 0 Å². The Kier molecular flexibility index (Phi) is 4.65. The van der Waals surface area contributed by atoms with E-state index in [1.165, 1.54) is 17.0 Å². The van der Waals surface area contributed by atoms with E-state index >= 15 is 0 Å². The third-order valence-electron chi connectivity index (χ3n) is 2.55. The van der Waals surface area contributed by atoms with E-state index in [2.05, 4.69) is 5.32 Å². The number of aromatic carboxylic acids is 1. The van der Waals surface area contributed by atoms with E-state index in [1.54, 1.807) is 0 Å². The van der Waals surface area contributed by atoms with Gasteiger partial charge >= 0.3 is 5.97 Å². The highest BCUT2D eigenvalue weighted by molar-refractivity contribution is 5.87. The standard InChI is InChI=1S/C12H16N2O4/c1-3-8(2)13-11(16)7-14-5-4-10(15)9(6-14)12(17)18/h4-6,8H,3,7H2,1-2H3,(H,13,16)(H,17,18). The molecule has 1 atom stereocenters. The Morgan fingerprint density at radius 3 is 2.72 bits per heavy atom. The first-order chi connectivity index (χ1) is 8.43. The first kappa shape index (κ1) is 14.0. The van der Waals surface area contributed by atoms with Crippen molar-refractivity contribution in [2.45, 2.75) is 32.9 Å². The van der Waals surface area contributed by atoms with Crippen LogP contribution in [-0.4, -0.2) is 27.6 Å². The molecule has 1 rings (SSSR count). The molecule has 1 amide bonds. The second-order valence-electron chi connectivity index (χ2n) is 4.08. The van der Waals surface area contributed by atoms with Crippen LogP contribution in [0.25, 0.3) is 0 Å². The van der Waals surface area contributed by atoms with Crippen molar-refractivity contribution in [3.8, 4) is 0 Å². The summed E-state index contributed by atoms with van der Waals surface area (Å²) in [6, 6.07) is 1.20. The summed E-state index contributed by atoms with van der Waals surface area (Å²) in [5.74, 6) is -1.51. The van der Waals surface area contributed by atoms with Crippen molar-refractivity contribution < 1.29 is 14.7 Å². The van der Waals surface area contributed by atoms with Crippen LogP contribution in [0.4, 0.5) is 0 Å². The van der Waals surface area contributed by atoms with Crippen molar-refractivity contribution in [3.63, 3.8) is 0 Å². The number of pyridine rings is 1. The van der Waals surface area contributed by atoms with E-state index in [1.807, 2.05) is 13.8 Å². The maximum Gasteiger partial charge on any atom is 0.341 e. The highest BCUT2D eigenvalue weighted by Crippen LogP contribution is 1.94. The molecular weight excluding hydrogens is 236 g/mol. The zero-order chi connectivity index (χ0) is 13.7. The van der Waals surface area contributed by atoms with Gasteiger partial charge in [0.1, 0.15) is 12.1 Å². The zero-order valence-corrected chi connectivity index (χ0v) is 10.3. The summed E-state index contributed by atoms with van der Waals surface area (Å²) in [6.45, 7) is 3.82. The predicted octanol–water partition coefficient (Wildman–Crippen LogP) is 0.461. The van der Waals surface area contributed by atoms with Gasteiger partial charge in [-0.25, -0.2) is 4.79 Å². The lowest BCUT2D eigenvalue weighted by Gasteiger charge is -2.12. The van der Waals surface area contributed by atoms with Gasteiger partial charge in [0, 0.05) is 24.5 Å². The first-order valence-electron chi connectivity index (χ1n) is 5.66. The summed E-state index contributed by atoms with van der Waals surface area (Å²) >= 11 is 0. The van der Waals surface area contributed by atoms with E-state index in [4.69, 9.17) is 5.11 Å². The van der Waals surface area contributed by atoms with E-state index < -0.39 is 11.4 Å². The molecule has 1 aromatic rings. The first-order valence-corrected chi connectivity index (χ1v) is 5.66. The fraction of sp³-hybridized carbons (Fsp3) is 0.417. The van der Waals surface area contributed by atoms with Gasteiger partial charge in [0.05, 0.1) is 0 Å². The number of hydrogen-bond donors (Lipinski definition) is 2. The zero-order valence-electron chi connectivity index (χ0n) is 10.3. The number of rotatable bonds is 5. The van der Waals surface area contributed by atoms with Crippen molar-refractivity contribution in [1.29, 1.82) is 0 Å². The van der Waals surface area contributed by atoms with Crippen molar-refractivity contribution in [3.05, 3.63) is 34.2 Å². The van der Waals surface area contributed by atoms with Crippen LogP contribution in [0, 0.1) is 0 Å². The molecule has 0 radical (unpaired) electrons. The number of carboxylic acids is 1. The van der Waals surface area contributed by atoms with Crippen molar-refractivity contribution >= 4 is 11.9 Å². The van der Waals surface area contributed by atoms with Crippen LogP contribution >= 0.6 is 0 Å². The fourth-order valence-electron chi connectivity index (χ4n) is 1.37. The Bertz CT molecular complexity index is 507. The lowest BCUT2D eigenvalue weighted by atomic mass is 10.2. The number of aromatic nitrogens is 1. The second kappa shape index (κ2) is 6.00. The topological polar surface area (TPSA) is 88.4 Å². The third kappa shape index (κ3) is 3.73. The highest BCUT2D eigenvalue weighted by Gasteiger charge is 2.10. The number of nitrogens with one attached hydrogen (secondary N) is 1. The maximum absolute atomic E-state index is 11.6. The molecule has 1 aromatic heterocycles. The second-order valence-corrected chi connectivity index (χ2v) is 4.08. The van der Waals surface area contributed by atoms with Gasteiger partial charge in [-0.1, -0.05) is 6.92 Å². The van der Waals surface area contributed by atoms with Crippen molar-refractivity contribution in [2.24, 2.45) is 0 Å². The number of nitrogens with zero attached hydrogens (tertiary/aromatic N) is 1. The summed E-state index contributed by atoms with van der Waals surface area (Å²) in [5.41, 5.74) is -0.907. The molecule has 6 nitrogen and oxygen atoms in total. The minimum atomic E-state index is -1.29. The third-order valence-corrected chi connectivity index (χ3v) is 2.55. The Morgan fingerprint density at radius 1 is 1.50 bits per heavy atom. The molecule has 98 valence electrons. The number of carbonyl (C=O) groups excluding carboxylic acids is 1. The molecule has 2 N–H and O–H groups in total. The molecule has 1 unspecified atom stereocenters. The number of hydrogen-bond acceptors (Lipinski definition) is 3. The van der Waals surface area contributed by atoms with Gasteiger partial charge in [-0.05, 0) is 13.3 Å². The quantitative estimate of drug-likeness (QED) is 0.796. The lowest BCUT2D eigenvalue weighted by molar-refractivity contribution is -0.122. The maximum atomic E-state index is 11.6. The van der Waals surface area contributed by atoms with Crippen molar-refractivity contribution in [2.75, 3.05) is 0 Å². The number of amides is 1. The SMILES string of the molecule is CCC(C)NC(=O)Cn1ccc(=O)c(C(=O)O)c1. The van der Waals surface area contributed by atoms with Gasteiger partial charge in [-0.3, -0.25) is 9.59 Å². The van der Waals surface area contributed by atoms with Crippen molar-refractivity contribution in [1.82, 2.24) is 9.88 Å². The van der Waals surface area contributed by atoms with E-state index in [0.717, 1.165) is 12.5 Å². The summed E-state index contributed by atoms with van der Waals surface area (Å²) in [7, 11) is 0. The molecule has 0 saturated carbocycles. The fourth-order valence-corrected chi connectivity index (χ4v) is 1.37. The smallest absolute Gasteiger partial charge is 0.341 e. The molecule has 0 fully saturated rings. The Balaban J connectivity index is 2.80. The van der Waals surface area contributed by atoms with Gasteiger partial charge in [-0.2, -0.15) is 0 Å². The monoisotopic (exact) mass is 252 g/mol. The highest BCUT2D eigenvalue weighted by atomic mass is 16.4. The van der Waals surface area contributed by atoms with Crippen LogP contribution in [-0.2, 0) is 11.3 Å². The molecule has 0 aliphatic carbocycles. The molecule has 18 heavy (non-hydrogen) atoms. The van der Waals surface area contributed by atoms with Gasteiger partial charge in [0.25, 0.3) is 0 Å². The summed E-state index contributed by atoms with van der Waals surface area (Å²) in [5, 5.41) is 11.5. The Hall–Kier alpha value is -2.11. The molecule has 0 aliphatic heterocycles. The van der Waals surface area contributed by atoms with Crippen LogP contribution in [0.1, 0.15) is 30.6 Å². The Morgan fingerprint density at radius 2 is 2.17 bits per heavy atom. The van der Waals surface area contributed by atoms with Gasteiger partial charge in [0.15, 0.2) is 5.43 Å². The van der Waals surface area contributed by atoms with Crippen LogP contribution < -0.4 is 10.7 Å². The van der Waals surface area contributed by atoms with Gasteiger partial charge in [0.2, 0.25) is 5.91 Å². The number of carbonyl (C=O) groups is 2. The van der Waals surface area contributed by atoms with Crippen LogP contribution in [0.3, 0.4) is 0 Å². The summed E-state index contributed by atoms with van der Waals surface area (Å²) < 4.78 is 1.38. The van der Waals surface area contributed by atoms with Gasteiger partial charge in [-0.15, -0.1) is 0 Å². The normalized spacial score (nSPS) is 11.9. The largest absolute Gasteiger partial charge is 0.477 e. The average Bonchev–Trinajstić information content (AvgIpc) is 2.31. The minimum Gasteiger partial charge on any atom is -0.477 e. The molecule has 0 aromatic carbocycles. The summed E-state index contributed by atoms with van der Waals surface area (Å²) in [4.78, 5) is 33.6. The van der Waals surface area contributed by atoms with Crippen LogP contribution in [0.15, 0.2) is 23.3 Å². The molecule has 0 spiro atoms. The van der Waals surface area contributed by atoms with E-state index in [0.29, 0.717) is 0 Å². The molecule has 0 aliphatic rings. The van der Waals surface area contributed by atoms with E-state index in [-0.39, 0.29) is 24.1 Å². The molecular formula is C12H16N2O4. The predicted molar refractivity (Wildman–Crippen MR) is 65.6 cm³/mol. The van der Waals surface area contributed by atoms with E-state index in [9.17, 15) is 14.4 Å². The molecule has 0 bridgehead atoms. The lowest BCUT2D eigenvalue weighted by Crippen LogP contribution is -2.34. The minimum absolute atomic E-state index is 0.00903. The molecule has 1 heterocycles. The summed E-state index contributed by atoms with van der Waals surface area (Å²) in [6.07, 6.45) is 3.38. The Labute approximate surface area is 104 Å².